The van der Waals surface area contributed by atoms with Gasteiger partial charge in [0, 0.05) is 65.9 Å². The smallest absolute Gasteiger partial charge is 0.324 e. The number of aromatic nitrogens is 2. The van der Waals surface area contributed by atoms with E-state index in [1.807, 2.05) is 43.2 Å². The first-order chi connectivity index (χ1) is 43.0. The fourth-order valence-corrected chi connectivity index (χ4v) is 15.3. The monoisotopic (exact) mass is 1360 g/mol. The van der Waals surface area contributed by atoms with Gasteiger partial charge in [0.25, 0.3) is 0 Å². The van der Waals surface area contributed by atoms with Gasteiger partial charge < -0.3 is 29.3 Å². The number of nitrogens with zero attached hydrogens (tertiary/aromatic N) is 9. The fourth-order valence-electron chi connectivity index (χ4n) is 13.4. The van der Waals surface area contributed by atoms with Gasteiger partial charge in [-0.25, -0.2) is 5.10 Å². The predicted octanol–water partition coefficient (Wildman–Crippen LogP) is 14.7. The van der Waals surface area contributed by atoms with Gasteiger partial charge in [-0.3, -0.25) is 9.97 Å². The number of rotatable bonds is 5. The van der Waals surface area contributed by atoms with Crippen LogP contribution in [0.15, 0.2) is 242 Å². The molecule has 0 unspecified atom stereocenters. The van der Waals surface area contributed by atoms with Crippen molar-refractivity contribution in [3.8, 4) is 65.6 Å². The van der Waals surface area contributed by atoms with Crippen LogP contribution in [0.4, 0.5) is 39.8 Å². The largest absolute Gasteiger partial charge is 0.500 e. The molecule has 0 fully saturated rings. The number of thiazole rings is 2. The van der Waals surface area contributed by atoms with Crippen molar-refractivity contribution in [2.75, 3.05) is 31.4 Å². The summed E-state index contributed by atoms with van der Waals surface area (Å²) >= 11 is 3.43. The van der Waals surface area contributed by atoms with Gasteiger partial charge in [0.05, 0.1) is 17.4 Å². The number of anilines is 7. The molecule has 9 nitrogen and oxygen atoms in total. The molecule has 0 saturated heterocycles. The zero-order chi connectivity index (χ0) is 57.3. The molecule has 0 amide bonds. The predicted molar refractivity (Wildman–Crippen MR) is 362 cm³/mol. The molecule has 0 N–H and O–H groups in total. The molecule has 0 spiro atoms. The Labute approximate surface area is 552 Å². The molecule has 0 saturated carbocycles. The van der Waals surface area contributed by atoms with E-state index in [1.54, 1.807) is 27.7 Å². The second-order valence-electron chi connectivity index (χ2n) is 22.2. The van der Waals surface area contributed by atoms with E-state index < -0.39 is 0 Å². The normalized spacial score (nSPS) is 14.0. The number of fused-ring (bicyclic) bond motifs is 24. The van der Waals surface area contributed by atoms with Crippen LogP contribution in [0.1, 0.15) is 0 Å². The number of hydrogen-bond donors (Lipinski definition) is 0. The van der Waals surface area contributed by atoms with Gasteiger partial charge in [-0.05, 0) is 55.8 Å². The van der Waals surface area contributed by atoms with Crippen molar-refractivity contribution in [3.05, 3.63) is 274 Å². The molecule has 11 aromatic carbocycles. The van der Waals surface area contributed by atoms with Gasteiger partial charge in [-0.15, -0.1) is 108 Å². The van der Waals surface area contributed by atoms with E-state index in [0.717, 1.165) is 77.6 Å². The number of para-hydroxylation sites is 3. The van der Waals surface area contributed by atoms with Crippen molar-refractivity contribution in [2.45, 2.75) is 0 Å². The molecule has 430 valence electrons. The summed E-state index contributed by atoms with van der Waals surface area (Å²) in [7, 11) is 1.93. The van der Waals surface area contributed by atoms with E-state index in [0.29, 0.717) is 0 Å². The minimum absolute atomic E-state index is 0. The van der Waals surface area contributed by atoms with Crippen LogP contribution in [-0.4, -0.2) is 42.1 Å². The van der Waals surface area contributed by atoms with Gasteiger partial charge in [0.15, 0.2) is 0 Å². The molecule has 6 aliphatic heterocycles. The quantitative estimate of drug-likeness (QED) is 0.125. The maximum Gasteiger partial charge on any atom is 0.324 e. The van der Waals surface area contributed by atoms with Crippen LogP contribution in [0.3, 0.4) is 0 Å². The molecule has 2 aromatic heterocycles. The molecule has 0 radical (unpaired) electrons. The molecule has 6 aliphatic rings. The van der Waals surface area contributed by atoms with Gasteiger partial charge in [-0.2, -0.15) is 34.8 Å². The van der Waals surface area contributed by atoms with Crippen LogP contribution >= 0.6 is 22.7 Å². The summed E-state index contributed by atoms with van der Waals surface area (Å²) < 4.78 is 2.36. The first-order valence-corrected chi connectivity index (χ1v) is 30.6. The summed E-state index contributed by atoms with van der Waals surface area (Å²) in [6.45, 7) is 4.05. The number of benzene rings is 11. The summed E-state index contributed by atoms with van der Waals surface area (Å²) in [6.07, 6.45) is 6.00. The van der Waals surface area contributed by atoms with E-state index in [9.17, 15) is 0 Å². The average molecular weight is 1360 g/mol. The molecular formula is C74H45B2N9Pd2S2-6. The molecule has 0 aliphatic carbocycles. The Morgan fingerprint density at radius 3 is 1.21 bits per heavy atom. The Bertz CT molecular complexity index is 4970. The number of hydrogen-bond acceptors (Lipinski definition) is 11. The van der Waals surface area contributed by atoms with Crippen LogP contribution in [0.5, 0.6) is 0 Å². The SMILES string of the molecule is CN1[CH-]N(c2[c-]c3c(cc2)-c2ccccc2B2c4ccccc4-c4ccc(-c5nc6ccccc6s5)[c-]c4N23)C=N1.[Pd].[Pd].[c-]1c(-c2nc3ccccc3s2)ccc2c1N1B(c3ccccc3-2)c2ccccc2-c2ccc(N3C=CN(c4ccccc4)[CH-]3)[c-]c21. The molecule has 8 heterocycles. The topological polar surface area (TPSA) is 57.6 Å². The van der Waals surface area contributed by atoms with Gasteiger partial charge in [0.2, 0.25) is 0 Å². The van der Waals surface area contributed by atoms with Crippen LogP contribution < -0.4 is 46.2 Å². The summed E-state index contributed by atoms with van der Waals surface area (Å²) in [6, 6.07) is 95.2. The molecule has 15 heteroatoms. The Balaban J connectivity index is 0.000000141. The van der Waals surface area contributed by atoms with Crippen LogP contribution in [0.25, 0.3) is 86.1 Å². The molecule has 19 rings (SSSR count). The van der Waals surface area contributed by atoms with E-state index >= 15 is 0 Å². The van der Waals surface area contributed by atoms with E-state index in [4.69, 9.17) is 9.97 Å². The molecule has 89 heavy (non-hydrogen) atoms. The zero-order valence-electron chi connectivity index (χ0n) is 47.4. The van der Waals surface area contributed by atoms with E-state index in [2.05, 4.69) is 274 Å². The maximum atomic E-state index is 5.00. The zero-order valence-corrected chi connectivity index (χ0v) is 52.1. The molecule has 0 bridgehead atoms. The van der Waals surface area contributed by atoms with Crippen molar-refractivity contribution < 1.29 is 40.8 Å². The third-order valence-corrected chi connectivity index (χ3v) is 19.4. The van der Waals surface area contributed by atoms with Gasteiger partial charge >= 0.3 is 13.7 Å². The third kappa shape index (κ3) is 9.05. The van der Waals surface area contributed by atoms with E-state index in [-0.39, 0.29) is 54.5 Å². The molecular weight excluding hydrogens is 1310 g/mol. The maximum absolute atomic E-state index is 5.00. The minimum Gasteiger partial charge on any atom is -0.500 e. The first-order valence-electron chi connectivity index (χ1n) is 29.0. The van der Waals surface area contributed by atoms with Crippen molar-refractivity contribution in [1.82, 2.24) is 15.0 Å². The van der Waals surface area contributed by atoms with Crippen molar-refractivity contribution in [3.63, 3.8) is 0 Å². The van der Waals surface area contributed by atoms with Crippen molar-refractivity contribution in [2.24, 2.45) is 5.10 Å². The summed E-state index contributed by atoms with van der Waals surface area (Å²) in [5, 5.41) is 8.14. The average Bonchev–Trinajstić information content (AvgIpc) is 1.13. The standard InChI is InChI=1S/C40H24BN4S.C34H21BN5S.2Pd/c1-2-10-28(11-3-1)43-22-23-44(26-43)29-19-21-33-31-13-5-7-15-35(31)41-34-14-6-4-12-30(34)32-20-18-27(24-37(32)45(41)38(33)25-29)40-42-36-16-8-9-17-39(36)46-40;1-38-21-39(20-36-38)23-15-17-27-25-9-3-5-11-29(25)35-28-10-4-2-8-24(28)26-16-14-22(18-31(26)40(35)32(27)19-23)34-37-30-12-6-7-13-33(30)41-34;;/h1-23,26H;2-17,20-21H,1H3;;/q2*-3;;. The molecule has 0 atom stereocenters. The summed E-state index contributed by atoms with van der Waals surface area (Å²) in [5.41, 5.74) is 26.1. The van der Waals surface area contributed by atoms with Gasteiger partial charge in [-0.1, -0.05) is 218 Å². The Kier molecular flexibility index (Phi) is 13.7. The Morgan fingerprint density at radius 1 is 0.371 bits per heavy atom. The second-order valence-corrected chi connectivity index (χ2v) is 24.3. The minimum atomic E-state index is -0.0142. The van der Waals surface area contributed by atoms with Crippen LogP contribution in [0.2, 0.25) is 0 Å². The summed E-state index contributed by atoms with van der Waals surface area (Å²) in [5.74, 6) is 0. The Hall–Kier alpha value is -9.14. The molecule has 13 aromatic rings. The Morgan fingerprint density at radius 2 is 0.764 bits per heavy atom. The van der Waals surface area contributed by atoms with Crippen molar-refractivity contribution >= 4 is 125 Å². The summed E-state index contributed by atoms with van der Waals surface area (Å²) in [4.78, 5) is 21.1. The van der Waals surface area contributed by atoms with Crippen LogP contribution in [-0.2, 0) is 40.8 Å². The van der Waals surface area contributed by atoms with Crippen LogP contribution in [0, 0.1) is 37.6 Å². The number of hydrazone groups is 1. The third-order valence-electron chi connectivity index (χ3n) is 17.3. The fraction of sp³-hybridized carbons (Fsp3) is 0.0135. The van der Waals surface area contributed by atoms with Gasteiger partial charge in [0.1, 0.15) is 0 Å². The van der Waals surface area contributed by atoms with E-state index in [1.165, 1.54) is 70.2 Å². The van der Waals surface area contributed by atoms with Crippen molar-refractivity contribution in [1.29, 1.82) is 0 Å². The second kappa shape index (κ2) is 22.2. The first kappa shape index (κ1) is 55.2.